The van der Waals surface area contributed by atoms with Gasteiger partial charge in [0.1, 0.15) is 0 Å². The first kappa shape index (κ1) is 13.4. The van der Waals surface area contributed by atoms with E-state index in [0.717, 1.165) is 18.7 Å². The summed E-state index contributed by atoms with van der Waals surface area (Å²) in [4.78, 5) is 0. The van der Waals surface area contributed by atoms with Crippen LogP contribution >= 0.6 is 34.8 Å². The lowest BCUT2D eigenvalue weighted by Gasteiger charge is -2.27. The van der Waals surface area contributed by atoms with Crippen LogP contribution in [0.25, 0.3) is 0 Å². The second-order valence-electron chi connectivity index (χ2n) is 4.20. The second-order valence-corrected chi connectivity index (χ2v) is 5.40. The Labute approximate surface area is 117 Å². The Bertz CT molecular complexity index is 390. The Kier molecular flexibility index (Phi) is 4.95. The molecule has 0 aliphatic carbocycles. The summed E-state index contributed by atoms with van der Waals surface area (Å²) in [6.07, 6.45) is 3.80. The molecule has 1 N–H and O–H groups in total. The maximum atomic E-state index is 6.14. The first-order valence-corrected chi connectivity index (χ1v) is 6.92. The predicted octanol–water partition coefficient (Wildman–Crippen LogP) is 4.14. The minimum absolute atomic E-state index is 0.545. The standard InChI is InChI=1S/C12H15Cl3N2/c13-10-4-5-11(14)12(15)9(10)8-16-17-6-2-1-3-7-17/h4-5,16H,1-3,6-8H2. The van der Waals surface area contributed by atoms with E-state index in [4.69, 9.17) is 34.8 Å². The average molecular weight is 294 g/mol. The van der Waals surface area contributed by atoms with Crippen LogP contribution in [-0.4, -0.2) is 18.1 Å². The molecular formula is C12H15Cl3N2. The lowest BCUT2D eigenvalue weighted by atomic mass is 10.2. The van der Waals surface area contributed by atoms with E-state index in [-0.39, 0.29) is 0 Å². The van der Waals surface area contributed by atoms with E-state index in [9.17, 15) is 0 Å². The minimum Gasteiger partial charge on any atom is -0.251 e. The molecular weight excluding hydrogens is 279 g/mol. The van der Waals surface area contributed by atoms with Crippen LogP contribution in [0, 0.1) is 0 Å². The quantitative estimate of drug-likeness (QED) is 0.843. The summed E-state index contributed by atoms with van der Waals surface area (Å²) >= 11 is 18.2. The first-order chi connectivity index (χ1) is 8.18. The smallest absolute Gasteiger partial charge is 0.0652 e. The van der Waals surface area contributed by atoms with Crippen molar-refractivity contribution in [1.29, 1.82) is 0 Å². The van der Waals surface area contributed by atoms with Crippen molar-refractivity contribution in [2.24, 2.45) is 0 Å². The summed E-state index contributed by atoms with van der Waals surface area (Å²) in [5.41, 5.74) is 4.22. The van der Waals surface area contributed by atoms with E-state index < -0.39 is 0 Å². The minimum atomic E-state index is 0.545. The summed E-state index contributed by atoms with van der Waals surface area (Å²) in [5, 5.41) is 3.97. The molecule has 0 bridgehead atoms. The highest BCUT2D eigenvalue weighted by molar-refractivity contribution is 6.44. The molecule has 1 heterocycles. The number of benzene rings is 1. The van der Waals surface area contributed by atoms with Crippen LogP contribution < -0.4 is 5.43 Å². The molecule has 0 atom stereocenters. The van der Waals surface area contributed by atoms with Crippen molar-refractivity contribution in [3.05, 3.63) is 32.8 Å². The van der Waals surface area contributed by atoms with Gasteiger partial charge >= 0.3 is 0 Å². The zero-order valence-electron chi connectivity index (χ0n) is 9.48. The highest BCUT2D eigenvalue weighted by atomic mass is 35.5. The number of nitrogens with zero attached hydrogens (tertiary/aromatic N) is 1. The number of rotatable bonds is 3. The van der Waals surface area contributed by atoms with Crippen molar-refractivity contribution in [1.82, 2.24) is 10.4 Å². The molecule has 1 fully saturated rings. The van der Waals surface area contributed by atoms with Gasteiger partial charge in [-0.2, -0.15) is 0 Å². The van der Waals surface area contributed by atoms with Crippen LogP contribution in [0.3, 0.4) is 0 Å². The summed E-state index contributed by atoms with van der Waals surface area (Å²) in [6.45, 7) is 2.78. The van der Waals surface area contributed by atoms with Crippen LogP contribution in [0.1, 0.15) is 24.8 Å². The molecule has 1 saturated heterocycles. The summed E-state index contributed by atoms with van der Waals surface area (Å²) in [7, 11) is 0. The van der Waals surface area contributed by atoms with Crippen LogP contribution in [-0.2, 0) is 6.54 Å². The van der Waals surface area contributed by atoms with Crippen molar-refractivity contribution >= 4 is 34.8 Å². The molecule has 0 unspecified atom stereocenters. The molecule has 0 spiro atoms. The molecule has 0 aromatic heterocycles. The van der Waals surface area contributed by atoms with Crippen molar-refractivity contribution in [3.8, 4) is 0 Å². The van der Waals surface area contributed by atoms with E-state index in [2.05, 4.69) is 10.4 Å². The van der Waals surface area contributed by atoms with Gasteiger partial charge in [0.25, 0.3) is 0 Å². The molecule has 1 aromatic rings. The number of piperidine rings is 1. The highest BCUT2D eigenvalue weighted by Crippen LogP contribution is 2.31. The lowest BCUT2D eigenvalue weighted by Crippen LogP contribution is -2.41. The second kappa shape index (κ2) is 6.26. The fraction of sp³-hybridized carbons (Fsp3) is 0.500. The van der Waals surface area contributed by atoms with Crippen molar-refractivity contribution in [2.75, 3.05) is 13.1 Å². The Balaban J connectivity index is 2.00. The SMILES string of the molecule is Clc1ccc(Cl)c(CNN2CCCCC2)c1Cl. The Morgan fingerprint density at radius 3 is 2.35 bits per heavy atom. The lowest BCUT2D eigenvalue weighted by molar-refractivity contribution is 0.151. The van der Waals surface area contributed by atoms with Crippen molar-refractivity contribution in [3.63, 3.8) is 0 Å². The number of hydrogen-bond acceptors (Lipinski definition) is 2. The van der Waals surface area contributed by atoms with E-state index in [1.807, 2.05) is 0 Å². The van der Waals surface area contributed by atoms with Crippen LogP contribution in [0.4, 0.5) is 0 Å². The van der Waals surface area contributed by atoms with Crippen LogP contribution in [0.15, 0.2) is 12.1 Å². The molecule has 1 aliphatic heterocycles. The normalized spacial score (nSPS) is 17.4. The summed E-state index contributed by atoms with van der Waals surface area (Å²) < 4.78 is 0. The predicted molar refractivity (Wildman–Crippen MR) is 73.7 cm³/mol. The molecule has 17 heavy (non-hydrogen) atoms. The van der Waals surface area contributed by atoms with E-state index >= 15 is 0 Å². The van der Waals surface area contributed by atoms with Gasteiger partial charge in [-0.15, -0.1) is 0 Å². The molecule has 0 radical (unpaired) electrons. The molecule has 2 rings (SSSR count). The van der Waals surface area contributed by atoms with Crippen LogP contribution in [0.5, 0.6) is 0 Å². The van der Waals surface area contributed by atoms with Gasteiger partial charge in [-0.25, -0.2) is 5.01 Å². The molecule has 0 saturated carbocycles. The van der Waals surface area contributed by atoms with E-state index in [1.165, 1.54) is 19.3 Å². The summed E-state index contributed by atoms with van der Waals surface area (Å²) in [6, 6.07) is 3.50. The highest BCUT2D eigenvalue weighted by Gasteiger charge is 2.13. The first-order valence-electron chi connectivity index (χ1n) is 5.79. The molecule has 2 nitrogen and oxygen atoms in total. The number of hydrazine groups is 1. The van der Waals surface area contributed by atoms with Gasteiger partial charge in [-0.1, -0.05) is 41.2 Å². The van der Waals surface area contributed by atoms with Crippen molar-refractivity contribution in [2.45, 2.75) is 25.8 Å². The Morgan fingerprint density at radius 2 is 1.65 bits per heavy atom. The zero-order valence-corrected chi connectivity index (χ0v) is 11.7. The van der Waals surface area contributed by atoms with Gasteiger partial charge < -0.3 is 0 Å². The van der Waals surface area contributed by atoms with Gasteiger partial charge in [0, 0.05) is 30.2 Å². The molecule has 1 aromatic carbocycles. The van der Waals surface area contributed by atoms with E-state index in [1.54, 1.807) is 12.1 Å². The monoisotopic (exact) mass is 292 g/mol. The fourth-order valence-corrected chi connectivity index (χ4v) is 2.66. The van der Waals surface area contributed by atoms with Crippen LogP contribution in [0.2, 0.25) is 15.1 Å². The number of hydrogen-bond donors (Lipinski definition) is 1. The summed E-state index contributed by atoms with van der Waals surface area (Å²) in [5.74, 6) is 0. The maximum absolute atomic E-state index is 6.14. The topological polar surface area (TPSA) is 15.3 Å². The van der Waals surface area contributed by atoms with E-state index in [0.29, 0.717) is 21.6 Å². The molecule has 0 amide bonds. The van der Waals surface area contributed by atoms with Gasteiger partial charge in [-0.3, -0.25) is 5.43 Å². The zero-order chi connectivity index (χ0) is 12.3. The van der Waals surface area contributed by atoms with Gasteiger partial charge in [0.15, 0.2) is 0 Å². The Hall–Kier alpha value is 0.01000. The third kappa shape index (κ3) is 3.49. The average Bonchev–Trinajstić information content (AvgIpc) is 2.35. The third-order valence-corrected chi connectivity index (χ3v) is 4.17. The Morgan fingerprint density at radius 1 is 1.00 bits per heavy atom. The largest absolute Gasteiger partial charge is 0.251 e. The van der Waals surface area contributed by atoms with Crippen molar-refractivity contribution < 1.29 is 0 Å². The molecule has 94 valence electrons. The molecule has 5 heteroatoms. The molecule has 1 aliphatic rings. The number of nitrogens with one attached hydrogen (secondary N) is 1. The maximum Gasteiger partial charge on any atom is 0.0652 e. The fourth-order valence-electron chi connectivity index (χ4n) is 1.97. The number of halogens is 3. The van der Waals surface area contributed by atoms with Gasteiger partial charge in [-0.05, 0) is 25.0 Å². The van der Waals surface area contributed by atoms with Gasteiger partial charge in [0.05, 0.1) is 10.0 Å². The third-order valence-electron chi connectivity index (χ3n) is 2.97. The van der Waals surface area contributed by atoms with Gasteiger partial charge in [0.2, 0.25) is 0 Å².